The van der Waals surface area contributed by atoms with Crippen LogP contribution in [0.4, 0.5) is 9.59 Å². The highest BCUT2D eigenvalue weighted by Gasteiger charge is 2.25. The van der Waals surface area contributed by atoms with Gasteiger partial charge in [0.05, 0.1) is 12.7 Å². The molecule has 0 fully saturated rings. The largest absolute Gasteiger partial charge is 0.465 e. The van der Waals surface area contributed by atoms with E-state index in [1.807, 2.05) is 30.3 Å². The number of aliphatic hydroxyl groups is 2. The van der Waals surface area contributed by atoms with Gasteiger partial charge in [-0.2, -0.15) is 0 Å². The molecule has 10 heteroatoms. The van der Waals surface area contributed by atoms with Crippen LogP contribution in [0.3, 0.4) is 0 Å². The van der Waals surface area contributed by atoms with Crippen LogP contribution < -0.4 is 10.6 Å². The van der Waals surface area contributed by atoms with Crippen LogP contribution in [0.15, 0.2) is 30.3 Å². The number of hydrogen-bond donors (Lipinski definition) is 5. The fraction of sp³-hybridized carbons (Fsp3) is 0.571. The first-order valence-corrected chi connectivity index (χ1v) is 10.1. The van der Waals surface area contributed by atoms with Crippen molar-refractivity contribution in [1.82, 2.24) is 15.5 Å². The van der Waals surface area contributed by atoms with E-state index in [2.05, 4.69) is 10.6 Å². The van der Waals surface area contributed by atoms with Crippen LogP contribution in [-0.2, 0) is 16.1 Å². The molecular formula is C21H33N3O7. The zero-order valence-electron chi connectivity index (χ0n) is 18.2. The van der Waals surface area contributed by atoms with Crippen molar-refractivity contribution in [2.24, 2.45) is 0 Å². The summed E-state index contributed by atoms with van der Waals surface area (Å²) in [7, 11) is 0. The highest BCUT2D eigenvalue weighted by atomic mass is 16.6. The van der Waals surface area contributed by atoms with Crippen molar-refractivity contribution in [1.29, 1.82) is 0 Å². The van der Waals surface area contributed by atoms with Crippen LogP contribution in [0.5, 0.6) is 0 Å². The number of alkyl carbamates (subject to hydrolysis) is 1. The Morgan fingerprint density at radius 3 is 2.35 bits per heavy atom. The molecule has 0 saturated carbocycles. The molecule has 3 amide bonds. The van der Waals surface area contributed by atoms with Crippen molar-refractivity contribution in [2.75, 3.05) is 19.7 Å². The Balaban J connectivity index is 2.71. The summed E-state index contributed by atoms with van der Waals surface area (Å²) in [6, 6.07) is 8.13. The van der Waals surface area contributed by atoms with Crippen molar-refractivity contribution in [2.45, 2.75) is 57.9 Å². The monoisotopic (exact) mass is 439 g/mol. The van der Waals surface area contributed by atoms with Crippen LogP contribution in [0.2, 0.25) is 0 Å². The summed E-state index contributed by atoms with van der Waals surface area (Å²) in [6.45, 7) is 4.72. The number of hydrogen-bond acceptors (Lipinski definition) is 6. The number of nitrogens with zero attached hydrogens (tertiary/aromatic N) is 1. The molecule has 0 bridgehead atoms. The maximum atomic E-state index is 12.5. The molecule has 10 nitrogen and oxygen atoms in total. The maximum Gasteiger partial charge on any atom is 0.408 e. The van der Waals surface area contributed by atoms with Crippen molar-refractivity contribution < 1.29 is 34.4 Å². The zero-order valence-corrected chi connectivity index (χ0v) is 18.2. The molecule has 0 spiro atoms. The second kappa shape index (κ2) is 12.8. The molecule has 0 aliphatic heterocycles. The number of carboxylic acid groups (broad SMARTS) is 1. The number of rotatable bonds is 11. The average Bonchev–Trinajstić information content (AvgIpc) is 2.69. The number of amides is 3. The standard InChI is InChI=1S/C21H33N3O7/c1-21(2,3)31-19(28)23-17(18(27)22-12-16(26)14-25)10-7-11-24(20(29)30)13-15-8-5-4-6-9-15/h4-6,8-9,16-17,25-26H,7,10-14H2,1-3H3,(H,22,27)(H,23,28)(H,29,30)/t16?,17-/m0/s1. The van der Waals surface area contributed by atoms with Gasteiger partial charge in [-0.1, -0.05) is 30.3 Å². The van der Waals surface area contributed by atoms with Gasteiger partial charge in [-0.3, -0.25) is 4.79 Å². The van der Waals surface area contributed by atoms with E-state index in [1.54, 1.807) is 20.8 Å². The molecule has 5 N–H and O–H groups in total. The Morgan fingerprint density at radius 1 is 1.16 bits per heavy atom. The third kappa shape index (κ3) is 11.2. The first-order chi connectivity index (χ1) is 14.5. The molecule has 0 radical (unpaired) electrons. The van der Waals surface area contributed by atoms with Gasteiger partial charge in [-0.15, -0.1) is 0 Å². The second-order valence-electron chi connectivity index (χ2n) is 8.11. The van der Waals surface area contributed by atoms with E-state index in [1.165, 1.54) is 4.90 Å². The van der Waals surface area contributed by atoms with Crippen molar-refractivity contribution in [3.05, 3.63) is 35.9 Å². The molecule has 1 aromatic rings. The lowest BCUT2D eigenvalue weighted by molar-refractivity contribution is -0.124. The van der Waals surface area contributed by atoms with Gasteiger partial charge < -0.3 is 35.6 Å². The van der Waals surface area contributed by atoms with Crippen molar-refractivity contribution in [3.8, 4) is 0 Å². The van der Waals surface area contributed by atoms with Crippen molar-refractivity contribution in [3.63, 3.8) is 0 Å². The average molecular weight is 440 g/mol. The lowest BCUT2D eigenvalue weighted by atomic mass is 10.1. The number of benzene rings is 1. The van der Waals surface area contributed by atoms with E-state index in [0.29, 0.717) is 6.42 Å². The van der Waals surface area contributed by atoms with Crippen LogP contribution in [0, 0.1) is 0 Å². The summed E-state index contributed by atoms with van der Waals surface area (Å²) in [4.78, 5) is 37.4. The van der Waals surface area contributed by atoms with Crippen LogP contribution in [0.25, 0.3) is 0 Å². The smallest absolute Gasteiger partial charge is 0.408 e. The normalized spacial score (nSPS) is 13.1. The predicted octanol–water partition coefficient (Wildman–Crippen LogP) is 1.31. The van der Waals surface area contributed by atoms with Crippen molar-refractivity contribution >= 4 is 18.1 Å². The highest BCUT2D eigenvalue weighted by molar-refractivity contribution is 5.85. The number of ether oxygens (including phenoxy) is 1. The summed E-state index contributed by atoms with van der Waals surface area (Å²) >= 11 is 0. The lowest BCUT2D eigenvalue weighted by Crippen LogP contribution is -2.50. The molecule has 0 saturated heterocycles. The quantitative estimate of drug-likeness (QED) is 0.349. The number of carbonyl (C=O) groups is 3. The van der Waals surface area contributed by atoms with Gasteiger partial charge in [0.15, 0.2) is 0 Å². The molecule has 2 atom stereocenters. The minimum atomic E-state index is -1.13. The number of nitrogens with one attached hydrogen (secondary N) is 2. The zero-order chi connectivity index (χ0) is 23.4. The van der Waals surface area contributed by atoms with Crippen LogP contribution in [0.1, 0.15) is 39.2 Å². The molecule has 174 valence electrons. The Hall–Kier alpha value is -2.85. The van der Waals surface area contributed by atoms with Crippen LogP contribution >= 0.6 is 0 Å². The SMILES string of the molecule is CC(C)(C)OC(=O)N[C@@H](CCCN(Cc1ccccc1)C(=O)O)C(=O)NCC(O)CO. The van der Waals surface area contributed by atoms with Gasteiger partial charge in [0.1, 0.15) is 11.6 Å². The first-order valence-electron chi connectivity index (χ1n) is 10.1. The van der Waals surface area contributed by atoms with Gasteiger partial charge in [0.2, 0.25) is 5.91 Å². The molecule has 0 aromatic heterocycles. The maximum absolute atomic E-state index is 12.5. The predicted molar refractivity (Wildman–Crippen MR) is 113 cm³/mol. The van der Waals surface area contributed by atoms with E-state index < -0.39 is 42.4 Å². The first kappa shape index (κ1) is 26.2. The third-order valence-electron chi connectivity index (χ3n) is 4.14. The fourth-order valence-electron chi connectivity index (χ4n) is 2.66. The van der Waals surface area contributed by atoms with Gasteiger partial charge in [-0.05, 0) is 39.2 Å². The Labute approximate surface area is 182 Å². The minimum absolute atomic E-state index is 0.152. The molecule has 1 aromatic carbocycles. The fourth-order valence-corrected chi connectivity index (χ4v) is 2.66. The van der Waals surface area contributed by atoms with E-state index in [-0.39, 0.29) is 26.1 Å². The number of aliphatic hydroxyl groups excluding tert-OH is 2. The van der Waals surface area contributed by atoms with Gasteiger partial charge in [0.25, 0.3) is 0 Å². The summed E-state index contributed by atoms with van der Waals surface area (Å²) in [5.74, 6) is -0.566. The highest BCUT2D eigenvalue weighted by Crippen LogP contribution is 2.10. The second-order valence-corrected chi connectivity index (χ2v) is 8.11. The number of carbonyl (C=O) groups excluding carboxylic acids is 2. The molecule has 1 unspecified atom stereocenters. The van der Waals surface area contributed by atoms with Gasteiger partial charge >= 0.3 is 12.2 Å². The summed E-state index contributed by atoms with van der Waals surface area (Å²) < 4.78 is 5.19. The van der Waals surface area contributed by atoms with Crippen LogP contribution in [-0.4, -0.2) is 75.8 Å². The minimum Gasteiger partial charge on any atom is -0.465 e. The Bertz CT molecular complexity index is 707. The van der Waals surface area contributed by atoms with E-state index in [0.717, 1.165) is 5.56 Å². The third-order valence-corrected chi connectivity index (χ3v) is 4.14. The summed E-state index contributed by atoms with van der Waals surface area (Å²) in [6.07, 6.45) is -2.54. The molecule has 0 heterocycles. The summed E-state index contributed by atoms with van der Waals surface area (Å²) in [5.41, 5.74) is 0.0811. The Morgan fingerprint density at radius 2 is 1.81 bits per heavy atom. The molecule has 0 aliphatic carbocycles. The molecular weight excluding hydrogens is 406 g/mol. The van der Waals surface area contributed by atoms with Gasteiger partial charge in [-0.25, -0.2) is 9.59 Å². The molecule has 0 aliphatic rings. The Kier molecular flexibility index (Phi) is 10.8. The topological polar surface area (TPSA) is 148 Å². The van der Waals surface area contributed by atoms with Gasteiger partial charge in [0, 0.05) is 19.6 Å². The van der Waals surface area contributed by atoms with E-state index in [4.69, 9.17) is 9.84 Å². The molecule has 31 heavy (non-hydrogen) atoms. The van der Waals surface area contributed by atoms with E-state index in [9.17, 15) is 24.6 Å². The molecule has 1 rings (SSSR count). The summed E-state index contributed by atoms with van der Waals surface area (Å²) in [5, 5.41) is 32.7. The lowest BCUT2D eigenvalue weighted by Gasteiger charge is -2.24. The van der Waals surface area contributed by atoms with E-state index >= 15 is 0 Å².